The van der Waals surface area contributed by atoms with E-state index < -0.39 is 0 Å². The lowest BCUT2D eigenvalue weighted by Gasteiger charge is -2.02. The number of allylic oxidation sites excluding steroid dienone is 1. The minimum absolute atomic E-state index is 0.660. The molecule has 0 aliphatic rings. The van der Waals surface area contributed by atoms with Gasteiger partial charge < -0.3 is 4.98 Å². The topological polar surface area (TPSA) is 39.6 Å². The summed E-state index contributed by atoms with van der Waals surface area (Å²) in [6.45, 7) is 0. The summed E-state index contributed by atoms with van der Waals surface area (Å²) < 4.78 is 0. The highest BCUT2D eigenvalue weighted by Gasteiger charge is 2.02. The highest BCUT2D eigenvalue weighted by molar-refractivity contribution is 5.93. The molecule has 2 aromatic carbocycles. The smallest absolute Gasteiger partial charge is 0.0998 e. The lowest BCUT2D eigenvalue weighted by Crippen LogP contribution is -1.83. The quantitative estimate of drug-likeness (QED) is 0.673. The van der Waals surface area contributed by atoms with E-state index in [0.717, 1.165) is 16.6 Å². The number of rotatable bonds is 2. The van der Waals surface area contributed by atoms with Crippen LogP contribution in [0.3, 0.4) is 0 Å². The van der Waals surface area contributed by atoms with Gasteiger partial charge in [-0.3, -0.25) is 0 Å². The highest BCUT2D eigenvalue weighted by atomic mass is 14.7. The molecule has 3 aromatic rings. The maximum absolute atomic E-state index is 9.32. The predicted octanol–water partition coefficient (Wildman–Crippen LogP) is 4.23. The molecular formula is C17H12N2. The van der Waals surface area contributed by atoms with Crippen LogP contribution in [0.5, 0.6) is 0 Å². The Labute approximate surface area is 111 Å². The number of H-pyrrole nitrogens is 1. The Morgan fingerprint density at radius 1 is 1.00 bits per heavy atom. The number of nitriles is 1. The second-order valence-corrected chi connectivity index (χ2v) is 4.36. The minimum Gasteiger partial charge on any atom is -0.362 e. The summed E-state index contributed by atoms with van der Waals surface area (Å²) in [6, 6.07) is 20.4. The maximum atomic E-state index is 9.32. The van der Waals surface area contributed by atoms with Gasteiger partial charge in [0.1, 0.15) is 0 Å². The molecule has 0 amide bonds. The van der Waals surface area contributed by atoms with Crippen LogP contribution in [-0.4, -0.2) is 4.98 Å². The summed E-state index contributed by atoms with van der Waals surface area (Å²) in [6.07, 6.45) is 3.71. The van der Waals surface area contributed by atoms with Crippen molar-refractivity contribution in [3.05, 3.63) is 72.1 Å². The molecule has 0 saturated heterocycles. The van der Waals surface area contributed by atoms with Gasteiger partial charge in [-0.1, -0.05) is 36.4 Å². The highest BCUT2D eigenvalue weighted by Crippen LogP contribution is 2.22. The molecule has 0 atom stereocenters. The lowest BCUT2D eigenvalue weighted by molar-refractivity contribution is 1.38. The van der Waals surface area contributed by atoms with E-state index in [1.165, 1.54) is 5.39 Å². The first kappa shape index (κ1) is 11.3. The first-order valence-electron chi connectivity index (χ1n) is 6.11. The van der Waals surface area contributed by atoms with E-state index in [1.54, 1.807) is 0 Å². The van der Waals surface area contributed by atoms with E-state index in [9.17, 15) is 5.26 Å². The summed E-state index contributed by atoms with van der Waals surface area (Å²) in [5.74, 6) is 0. The third kappa shape index (κ3) is 2.27. The molecule has 3 rings (SSSR count). The molecule has 0 unspecified atom stereocenters. The first-order valence-corrected chi connectivity index (χ1v) is 6.11. The zero-order chi connectivity index (χ0) is 13.1. The average molecular weight is 244 g/mol. The third-order valence-electron chi connectivity index (χ3n) is 3.10. The van der Waals surface area contributed by atoms with Crippen LogP contribution in [-0.2, 0) is 0 Å². The standard InChI is InChI=1S/C17H12N2/c18-12-16(11-17-6-3-9-19-17)15-8-7-13-4-1-2-5-14(13)10-15/h1-11,19H/b16-11+. The summed E-state index contributed by atoms with van der Waals surface area (Å²) >= 11 is 0. The van der Waals surface area contributed by atoms with E-state index >= 15 is 0 Å². The third-order valence-corrected chi connectivity index (χ3v) is 3.10. The van der Waals surface area contributed by atoms with Crippen molar-refractivity contribution in [1.29, 1.82) is 5.26 Å². The molecule has 0 bridgehead atoms. The molecule has 0 aliphatic heterocycles. The fraction of sp³-hybridized carbons (Fsp3) is 0. The van der Waals surface area contributed by atoms with Crippen molar-refractivity contribution < 1.29 is 0 Å². The van der Waals surface area contributed by atoms with Crippen LogP contribution >= 0.6 is 0 Å². The van der Waals surface area contributed by atoms with Crippen LogP contribution in [0.2, 0.25) is 0 Å². The number of aromatic amines is 1. The van der Waals surface area contributed by atoms with E-state index in [0.29, 0.717) is 5.57 Å². The average Bonchev–Trinajstić information content (AvgIpc) is 2.97. The first-order chi connectivity index (χ1) is 9.36. The van der Waals surface area contributed by atoms with Crippen molar-refractivity contribution in [3.63, 3.8) is 0 Å². The Hall–Kier alpha value is -2.79. The van der Waals surface area contributed by atoms with Gasteiger partial charge in [-0.05, 0) is 40.6 Å². The van der Waals surface area contributed by atoms with E-state index in [2.05, 4.69) is 23.2 Å². The molecule has 1 aromatic heterocycles. The van der Waals surface area contributed by atoms with E-state index in [1.807, 2.05) is 54.7 Å². The lowest BCUT2D eigenvalue weighted by atomic mass is 10.0. The number of aromatic nitrogens is 1. The van der Waals surface area contributed by atoms with Gasteiger partial charge in [0.15, 0.2) is 0 Å². The number of benzene rings is 2. The summed E-state index contributed by atoms with van der Waals surface area (Å²) in [5.41, 5.74) is 2.54. The second kappa shape index (κ2) is 4.83. The van der Waals surface area contributed by atoms with Gasteiger partial charge >= 0.3 is 0 Å². The summed E-state index contributed by atoms with van der Waals surface area (Å²) in [4.78, 5) is 3.08. The molecule has 1 N–H and O–H groups in total. The normalized spacial score (nSPS) is 11.4. The predicted molar refractivity (Wildman–Crippen MR) is 78.2 cm³/mol. The molecule has 2 nitrogen and oxygen atoms in total. The van der Waals surface area contributed by atoms with Crippen LogP contribution in [0.4, 0.5) is 0 Å². The van der Waals surface area contributed by atoms with Crippen molar-refractivity contribution in [1.82, 2.24) is 4.98 Å². The summed E-state index contributed by atoms with van der Waals surface area (Å²) in [5, 5.41) is 11.6. The van der Waals surface area contributed by atoms with Crippen LogP contribution in [0.1, 0.15) is 11.3 Å². The molecular weight excluding hydrogens is 232 g/mol. The molecule has 0 aliphatic carbocycles. The fourth-order valence-corrected chi connectivity index (χ4v) is 2.13. The number of nitrogens with zero attached hydrogens (tertiary/aromatic N) is 1. The molecule has 90 valence electrons. The Balaban J connectivity index is 2.10. The van der Waals surface area contributed by atoms with Crippen molar-refractivity contribution in [3.8, 4) is 6.07 Å². The Morgan fingerprint density at radius 3 is 2.58 bits per heavy atom. The Morgan fingerprint density at radius 2 is 1.84 bits per heavy atom. The monoisotopic (exact) mass is 244 g/mol. The zero-order valence-corrected chi connectivity index (χ0v) is 10.3. The van der Waals surface area contributed by atoms with Crippen molar-refractivity contribution >= 4 is 22.4 Å². The molecule has 0 spiro atoms. The van der Waals surface area contributed by atoms with Gasteiger partial charge in [-0.2, -0.15) is 5.26 Å². The number of hydrogen-bond donors (Lipinski definition) is 1. The molecule has 1 heterocycles. The van der Waals surface area contributed by atoms with Gasteiger partial charge in [0, 0.05) is 11.9 Å². The zero-order valence-electron chi connectivity index (χ0n) is 10.3. The molecule has 0 fully saturated rings. The van der Waals surface area contributed by atoms with Gasteiger partial charge in [-0.25, -0.2) is 0 Å². The minimum atomic E-state index is 0.660. The molecule has 0 saturated carbocycles. The fourth-order valence-electron chi connectivity index (χ4n) is 2.13. The Kier molecular flexibility index (Phi) is 2.88. The number of hydrogen-bond acceptors (Lipinski definition) is 1. The number of fused-ring (bicyclic) bond motifs is 1. The SMILES string of the molecule is N#C/C(=C\c1ccc[nH]1)c1ccc2ccccc2c1. The van der Waals surface area contributed by atoms with Crippen molar-refractivity contribution in [2.75, 3.05) is 0 Å². The number of nitrogens with one attached hydrogen (secondary N) is 1. The summed E-state index contributed by atoms with van der Waals surface area (Å²) in [7, 11) is 0. The van der Waals surface area contributed by atoms with Crippen molar-refractivity contribution in [2.24, 2.45) is 0 Å². The Bertz CT molecular complexity index is 774. The van der Waals surface area contributed by atoms with Crippen LogP contribution in [0, 0.1) is 11.3 Å². The van der Waals surface area contributed by atoms with E-state index in [4.69, 9.17) is 0 Å². The second-order valence-electron chi connectivity index (χ2n) is 4.36. The maximum Gasteiger partial charge on any atom is 0.0998 e. The van der Waals surface area contributed by atoms with Gasteiger partial charge in [0.05, 0.1) is 11.6 Å². The molecule has 2 heteroatoms. The van der Waals surface area contributed by atoms with Gasteiger partial charge in [0.2, 0.25) is 0 Å². The van der Waals surface area contributed by atoms with Crippen molar-refractivity contribution in [2.45, 2.75) is 0 Å². The van der Waals surface area contributed by atoms with Gasteiger partial charge in [0.25, 0.3) is 0 Å². The van der Waals surface area contributed by atoms with Crippen LogP contribution in [0.25, 0.3) is 22.4 Å². The van der Waals surface area contributed by atoms with E-state index in [-0.39, 0.29) is 0 Å². The molecule has 19 heavy (non-hydrogen) atoms. The molecule has 0 radical (unpaired) electrons. The van der Waals surface area contributed by atoms with Gasteiger partial charge in [-0.15, -0.1) is 0 Å². The largest absolute Gasteiger partial charge is 0.362 e. The van der Waals surface area contributed by atoms with Crippen LogP contribution in [0.15, 0.2) is 60.8 Å². The van der Waals surface area contributed by atoms with Crippen LogP contribution < -0.4 is 0 Å².